The summed E-state index contributed by atoms with van der Waals surface area (Å²) in [5.74, 6) is -0.383. The summed E-state index contributed by atoms with van der Waals surface area (Å²) in [6, 6.07) is 9.78. The van der Waals surface area contributed by atoms with Crippen molar-refractivity contribution in [1.29, 1.82) is 0 Å². The predicted molar refractivity (Wildman–Crippen MR) is 82.4 cm³/mol. The minimum absolute atomic E-state index is 0.217. The number of carbonyl (C=O) groups is 2. The molecule has 0 bridgehead atoms. The van der Waals surface area contributed by atoms with Crippen molar-refractivity contribution in [2.24, 2.45) is 0 Å². The number of amides is 1. The molecule has 0 aromatic heterocycles. The van der Waals surface area contributed by atoms with E-state index in [0.717, 1.165) is 25.7 Å². The van der Waals surface area contributed by atoms with Crippen molar-refractivity contribution in [3.63, 3.8) is 0 Å². The molecule has 1 saturated heterocycles. The lowest BCUT2D eigenvalue weighted by Gasteiger charge is -2.34. The van der Waals surface area contributed by atoms with Gasteiger partial charge in [0, 0.05) is 0 Å². The second-order valence-electron chi connectivity index (χ2n) is 5.44. The standard InChI is InChI=1S/C17H23NO4/c1-2-14-15(16(19)22-14)18-17(20)21-12-8-4-7-11-13-9-5-3-6-10-13/h3,5-6,9-10,14-15H,2,4,7-8,11-12H2,1H3,(H,18,20)/t14-,15-/m1/s1. The summed E-state index contributed by atoms with van der Waals surface area (Å²) in [6.45, 7) is 2.28. The van der Waals surface area contributed by atoms with Crippen molar-refractivity contribution in [2.45, 2.75) is 51.2 Å². The van der Waals surface area contributed by atoms with E-state index in [1.807, 2.05) is 25.1 Å². The maximum absolute atomic E-state index is 11.6. The molecule has 1 N–H and O–H groups in total. The number of esters is 1. The quantitative estimate of drug-likeness (QED) is 0.592. The zero-order valence-electron chi connectivity index (χ0n) is 12.9. The van der Waals surface area contributed by atoms with Gasteiger partial charge in [-0.2, -0.15) is 0 Å². The van der Waals surface area contributed by atoms with Crippen LogP contribution in [0.1, 0.15) is 38.2 Å². The smallest absolute Gasteiger partial charge is 0.407 e. The van der Waals surface area contributed by atoms with Gasteiger partial charge in [0.1, 0.15) is 6.10 Å². The maximum atomic E-state index is 11.6. The molecule has 1 aliphatic rings. The average Bonchev–Trinajstić information content (AvgIpc) is 2.54. The lowest BCUT2D eigenvalue weighted by atomic mass is 10.0. The zero-order valence-corrected chi connectivity index (χ0v) is 12.9. The van der Waals surface area contributed by atoms with Gasteiger partial charge in [-0.15, -0.1) is 0 Å². The van der Waals surface area contributed by atoms with Crippen LogP contribution in [0.25, 0.3) is 0 Å². The molecule has 1 fully saturated rings. The molecular formula is C17H23NO4. The van der Waals surface area contributed by atoms with Crippen LogP contribution in [0.15, 0.2) is 30.3 Å². The van der Waals surface area contributed by atoms with E-state index in [4.69, 9.17) is 9.47 Å². The van der Waals surface area contributed by atoms with Crippen LogP contribution in [0, 0.1) is 0 Å². The highest BCUT2D eigenvalue weighted by Crippen LogP contribution is 2.17. The molecule has 1 aliphatic heterocycles. The first-order chi connectivity index (χ1) is 10.7. The van der Waals surface area contributed by atoms with Gasteiger partial charge in [-0.1, -0.05) is 37.3 Å². The summed E-state index contributed by atoms with van der Waals surface area (Å²) >= 11 is 0. The van der Waals surface area contributed by atoms with Gasteiger partial charge in [0.25, 0.3) is 0 Å². The Hall–Kier alpha value is -2.04. The van der Waals surface area contributed by atoms with Gasteiger partial charge >= 0.3 is 12.1 Å². The fourth-order valence-electron chi connectivity index (χ4n) is 2.43. The summed E-state index contributed by atoms with van der Waals surface area (Å²) in [4.78, 5) is 22.8. The maximum Gasteiger partial charge on any atom is 0.407 e. The summed E-state index contributed by atoms with van der Waals surface area (Å²) < 4.78 is 9.98. The van der Waals surface area contributed by atoms with Crippen LogP contribution in [0.3, 0.4) is 0 Å². The second-order valence-corrected chi connectivity index (χ2v) is 5.44. The first-order valence-electron chi connectivity index (χ1n) is 7.88. The molecule has 5 heteroatoms. The average molecular weight is 305 g/mol. The summed E-state index contributed by atoms with van der Waals surface area (Å²) in [5.41, 5.74) is 1.33. The van der Waals surface area contributed by atoms with E-state index in [1.165, 1.54) is 5.56 Å². The van der Waals surface area contributed by atoms with Crippen molar-refractivity contribution in [1.82, 2.24) is 5.32 Å². The molecule has 120 valence electrons. The Morgan fingerprint density at radius 1 is 1.23 bits per heavy atom. The van der Waals surface area contributed by atoms with E-state index in [2.05, 4.69) is 17.4 Å². The molecule has 0 aliphatic carbocycles. The molecular weight excluding hydrogens is 282 g/mol. The minimum atomic E-state index is -0.546. The molecule has 1 aromatic rings. The normalized spacial score (nSPS) is 20.0. The molecule has 0 unspecified atom stereocenters. The predicted octanol–water partition coefficient (Wildman–Crippen LogP) is 2.83. The summed E-state index contributed by atoms with van der Waals surface area (Å²) in [7, 11) is 0. The first-order valence-corrected chi connectivity index (χ1v) is 7.88. The largest absolute Gasteiger partial charge is 0.458 e. The van der Waals surface area contributed by atoms with Gasteiger partial charge in [0.15, 0.2) is 6.04 Å². The molecule has 2 rings (SSSR count). The number of rotatable bonds is 8. The highest BCUT2D eigenvalue weighted by Gasteiger charge is 2.42. The number of aryl methyl sites for hydroxylation is 1. The SMILES string of the molecule is CC[C@H]1OC(=O)[C@@H]1NC(=O)OCCCCCc1ccccc1. The number of cyclic esters (lactones) is 1. The third kappa shape index (κ3) is 4.76. The Morgan fingerprint density at radius 3 is 2.68 bits per heavy atom. The van der Waals surface area contributed by atoms with Gasteiger partial charge in [0.05, 0.1) is 6.61 Å². The Morgan fingerprint density at radius 2 is 2.00 bits per heavy atom. The molecule has 0 radical (unpaired) electrons. The monoisotopic (exact) mass is 305 g/mol. The summed E-state index contributed by atoms with van der Waals surface area (Å²) in [6.07, 6.45) is 3.88. The van der Waals surface area contributed by atoms with Gasteiger partial charge in [-0.05, 0) is 37.7 Å². The third-order valence-electron chi connectivity index (χ3n) is 3.75. The van der Waals surface area contributed by atoms with Gasteiger partial charge < -0.3 is 14.8 Å². The molecule has 1 heterocycles. The van der Waals surface area contributed by atoms with E-state index in [1.54, 1.807) is 0 Å². The molecule has 0 saturated carbocycles. The second kappa shape index (κ2) is 8.41. The van der Waals surface area contributed by atoms with Gasteiger partial charge in [0.2, 0.25) is 0 Å². The molecule has 1 amide bonds. The number of nitrogens with one attached hydrogen (secondary N) is 1. The van der Waals surface area contributed by atoms with E-state index in [9.17, 15) is 9.59 Å². The fourth-order valence-corrected chi connectivity index (χ4v) is 2.43. The van der Waals surface area contributed by atoms with E-state index < -0.39 is 12.1 Å². The van der Waals surface area contributed by atoms with Crippen LogP contribution in [-0.2, 0) is 20.7 Å². The Kier molecular flexibility index (Phi) is 6.25. The van der Waals surface area contributed by atoms with Crippen LogP contribution >= 0.6 is 0 Å². The first kappa shape index (κ1) is 16.3. The van der Waals surface area contributed by atoms with Crippen LogP contribution < -0.4 is 5.32 Å². The molecule has 22 heavy (non-hydrogen) atoms. The summed E-state index contributed by atoms with van der Waals surface area (Å²) in [5, 5.41) is 2.55. The van der Waals surface area contributed by atoms with Crippen LogP contribution in [0.2, 0.25) is 0 Å². The fraction of sp³-hybridized carbons (Fsp3) is 0.529. The van der Waals surface area contributed by atoms with E-state index in [-0.39, 0.29) is 12.1 Å². The van der Waals surface area contributed by atoms with E-state index in [0.29, 0.717) is 13.0 Å². The van der Waals surface area contributed by atoms with Crippen LogP contribution in [0.4, 0.5) is 4.79 Å². The highest BCUT2D eigenvalue weighted by molar-refractivity contribution is 5.86. The lowest BCUT2D eigenvalue weighted by molar-refractivity contribution is -0.176. The Bertz CT molecular complexity index is 489. The van der Waals surface area contributed by atoms with Crippen molar-refractivity contribution in [3.8, 4) is 0 Å². The molecule has 0 spiro atoms. The molecule has 2 atom stereocenters. The molecule has 1 aromatic carbocycles. The topological polar surface area (TPSA) is 64.6 Å². The Balaban J connectivity index is 1.51. The number of alkyl carbamates (subject to hydrolysis) is 1. The number of unbranched alkanes of at least 4 members (excludes halogenated alkanes) is 2. The van der Waals surface area contributed by atoms with Crippen LogP contribution in [0.5, 0.6) is 0 Å². The van der Waals surface area contributed by atoms with Gasteiger partial charge in [-0.3, -0.25) is 0 Å². The van der Waals surface area contributed by atoms with Gasteiger partial charge in [-0.25, -0.2) is 9.59 Å². The highest BCUT2D eigenvalue weighted by atomic mass is 16.6. The number of hydrogen-bond donors (Lipinski definition) is 1. The van der Waals surface area contributed by atoms with Crippen molar-refractivity contribution in [3.05, 3.63) is 35.9 Å². The van der Waals surface area contributed by atoms with Crippen molar-refractivity contribution >= 4 is 12.1 Å². The lowest BCUT2D eigenvalue weighted by Crippen LogP contribution is -2.59. The molecule has 5 nitrogen and oxygen atoms in total. The number of ether oxygens (including phenoxy) is 2. The van der Waals surface area contributed by atoms with Crippen LogP contribution in [-0.4, -0.2) is 30.8 Å². The van der Waals surface area contributed by atoms with Crippen molar-refractivity contribution in [2.75, 3.05) is 6.61 Å². The zero-order chi connectivity index (χ0) is 15.8. The Labute approximate surface area is 131 Å². The number of hydrogen-bond acceptors (Lipinski definition) is 4. The van der Waals surface area contributed by atoms with Crippen molar-refractivity contribution < 1.29 is 19.1 Å². The minimum Gasteiger partial charge on any atom is -0.458 e. The third-order valence-corrected chi connectivity index (χ3v) is 3.75. The van der Waals surface area contributed by atoms with E-state index >= 15 is 0 Å². The number of benzene rings is 1. The number of carbonyl (C=O) groups excluding carboxylic acids is 2.